The van der Waals surface area contributed by atoms with Crippen LogP contribution in [0.4, 0.5) is 8.78 Å². The Morgan fingerprint density at radius 3 is 2.74 bits per heavy atom. The Kier molecular flexibility index (Phi) is 4.64. The SMILES string of the molecule is CO[C@@H]1CCCOC12CCN(C(=O)c1ccc(F)cc1F)CC2. The largest absolute Gasteiger partial charge is 0.378 e. The van der Waals surface area contributed by atoms with E-state index in [2.05, 4.69) is 0 Å². The van der Waals surface area contributed by atoms with Gasteiger partial charge >= 0.3 is 0 Å². The number of carbonyl (C=O) groups excluding carboxylic acids is 1. The molecule has 1 aromatic rings. The van der Waals surface area contributed by atoms with Crippen LogP contribution in [0.25, 0.3) is 0 Å². The van der Waals surface area contributed by atoms with Crippen LogP contribution in [-0.4, -0.2) is 49.3 Å². The number of amides is 1. The highest BCUT2D eigenvalue weighted by molar-refractivity contribution is 5.94. The lowest BCUT2D eigenvalue weighted by molar-refractivity contribution is -0.183. The van der Waals surface area contributed by atoms with Gasteiger partial charge < -0.3 is 14.4 Å². The zero-order chi connectivity index (χ0) is 16.4. The Morgan fingerprint density at radius 2 is 2.09 bits per heavy atom. The minimum atomic E-state index is -0.820. The number of halogens is 2. The van der Waals surface area contributed by atoms with Crippen LogP contribution in [0.5, 0.6) is 0 Å². The van der Waals surface area contributed by atoms with Gasteiger partial charge in [-0.3, -0.25) is 4.79 Å². The maximum absolute atomic E-state index is 13.8. The molecule has 126 valence electrons. The van der Waals surface area contributed by atoms with Gasteiger partial charge in [0.15, 0.2) is 0 Å². The minimum Gasteiger partial charge on any atom is -0.378 e. The van der Waals surface area contributed by atoms with Crippen LogP contribution in [0.15, 0.2) is 18.2 Å². The van der Waals surface area contributed by atoms with Gasteiger partial charge in [0, 0.05) is 32.9 Å². The Hall–Kier alpha value is -1.53. The van der Waals surface area contributed by atoms with Crippen LogP contribution in [0.1, 0.15) is 36.0 Å². The predicted octanol–water partition coefficient (Wildman–Crippen LogP) is 2.77. The third-order valence-corrected chi connectivity index (χ3v) is 4.93. The van der Waals surface area contributed by atoms with Crippen molar-refractivity contribution in [2.45, 2.75) is 37.4 Å². The number of benzene rings is 1. The minimum absolute atomic E-state index is 0.0380. The summed E-state index contributed by atoms with van der Waals surface area (Å²) in [6, 6.07) is 3.04. The molecule has 4 nitrogen and oxygen atoms in total. The number of ether oxygens (including phenoxy) is 2. The summed E-state index contributed by atoms with van der Waals surface area (Å²) in [5.41, 5.74) is -0.430. The zero-order valence-electron chi connectivity index (χ0n) is 13.2. The van der Waals surface area contributed by atoms with Crippen molar-refractivity contribution in [3.63, 3.8) is 0 Å². The molecule has 0 aliphatic carbocycles. The Labute approximate surface area is 134 Å². The average molecular weight is 325 g/mol. The van der Waals surface area contributed by atoms with Crippen molar-refractivity contribution in [1.82, 2.24) is 4.90 Å². The fourth-order valence-electron chi connectivity index (χ4n) is 3.62. The zero-order valence-corrected chi connectivity index (χ0v) is 13.2. The van der Waals surface area contributed by atoms with Gasteiger partial charge in [-0.25, -0.2) is 8.78 Å². The van der Waals surface area contributed by atoms with E-state index in [0.717, 1.165) is 25.0 Å². The molecule has 0 N–H and O–H groups in total. The molecular weight excluding hydrogens is 304 g/mol. The van der Waals surface area contributed by atoms with Gasteiger partial charge in [-0.1, -0.05) is 0 Å². The van der Waals surface area contributed by atoms with Gasteiger partial charge in [0.2, 0.25) is 0 Å². The lowest BCUT2D eigenvalue weighted by Gasteiger charge is -2.48. The highest BCUT2D eigenvalue weighted by atomic mass is 19.1. The number of methoxy groups -OCH3 is 1. The number of hydrogen-bond acceptors (Lipinski definition) is 3. The maximum atomic E-state index is 13.8. The van der Waals surface area contributed by atoms with Crippen molar-refractivity contribution < 1.29 is 23.0 Å². The van der Waals surface area contributed by atoms with Crippen molar-refractivity contribution in [3.05, 3.63) is 35.4 Å². The monoisotopic (exact) mass is 325 g/mol. The molecule has 6 heteroatoms. The Morgan fingerprint density at radius 1 is 1.35 bits per heavy atom. The van der Waals surface area contributed by atoms with E-state index in [1.807, 2.05) is 0 Å². The van der Waals surface area contributed by atoms with E-state index in [-0.39, 0.29) is 17.3 Å². The van der Waals surface area contributed by atoms with Crippen molar-refractivity contribution in [2.75, 3.05) is 26.8 Å². The van der Waals surface area contributed by atoms with Gasteiger partial charge in [0.25, 0.3) is 5.91 Å². The highest BCUT2D eigenvalue weighted by Gasteiger charge is 2.45. The fourth-order valence-corrected chi connectivity index (χ4v) is 3.62. The number of hydrogen-bond donors (Lipinski definition) is 0. The Bertz CT molecular complexity index is 585. The second-order valence-electron chi connectivity index (χ2n) is 6.20. The molecule has 2 aliphatic heterocycles. The molecule has 3 rings (SSSR count). The molecule has 0 bridgehead atoms. The second kappa shape index (κ2) is 6.53. The van der Waals surface area contributed by atoms with E-state index in [1.54, 1.807) is 12.0 Å². The quantitative estimate of drug-likeness (QED) is 0.839. The van der Waals surface area contributed by atoms with E-state index in [0.29, 0.717) is 32.5 Å². The van der Waals surface area contributed by atoms with Crippen molar-refractivity contribution in [1.29, 1.82) is 0 Å². The van der Waals surface area contributed by atoms with Crippen LogP contribution in [-0.2, 0) is 9.47 Å². The first kappa shape index (κ1) is 16.3. The average Bonchev–Trinajstić information content (AvgIpc) is 2.55. The topological polar surface area (TPSA) is 38.8 Å². The maximum Gasteiger partial charge on any atom is 0.256 e. The molecule has 1 amide bonds. The molecular formula is C17H21F2NO3. The number of likely N-dealkylation sites (tertiary alicyclic amines) is 1. The molecule has 0 radical (unpaired) electrons. The van der Waals surface area contributed by atoms with Crippen molar-refractivity contribution >= 4 is 5.91 Å². The van der Waals surface area contributed by atoms with Crippen LogP contribution < -0.4 is 0 Å². The van der Waals surface area contributed by atoms with Crippen LogP contribution >= 0.6 is 0 Å². The summed E-state index contributed by atoms with van der Waals surface area (Å²) in [6.45, 7) is 1.67. The molecule has 1 aromatic carbocycles. The van der Waals surface area contributed by atoms with Crippen molar-refractivity contribution in [2.24, 2.45) is 0 Å². The number of nitrogens with zero attached hydrogens (tertiary/aromatic N) is 1. The summed E-state index contributed by atoms with van der Waals surface area (Å²) < 4.78 is 38.3. The molecule has 0 saturated carbocycles. The van der Waals surface area contributed by atoms with E-state index >= 15 is 0 Å². The third kappa shape index (κ3) is 3.10. The van der Waals surface area contributed by atoms with E-state index < -0.39 is 17.5 Å². The Balaban J connectivity index is 1.69. The van der Waals surface area contributed by atoms with Gasteiger partial charge in [-0.05, 0) is 37.8 Å². The molecule has 2 saturated heterocycles. The lowest BCUT2D eigenvalue weighted by Crippen LogP contribution is -2.56. The summed E-state index contributed by atoms with van der Waals surface area (Å²) in [5.74, 6) is -1.91. The fraction of sp³-hybridized carbons (Fsp3) is 0.588. The molecule has 0 aromatic heterocycles. The lowest BCUT2D eigenvalue weighted by atomic mass is 9.81. The van der Waals surface area contributed by atoms with Crippen LogP contribution in [0.3, 0.4) is 0 Å². The van der Waals surface area contributed by atoms with Gasteiger partial charge in [-0.2, -0.15) is 0 Å². The molecule has 1 spiro atoms. The molecule has 0 unspecified atom stereocenters. The van der Waals surface area contributed by atoms with E-state index in [1.165, 1.54) is 6.07 Å². The summed E-state index contributed by atoms with van der Waals surface area (Å²) in [6.07, 6.45) is 3.30. The first-order valence-electron chi connectivity index (χ1n) is 7.97. The number of piperidine rings is 1. The molecule has 23 heavy (non-hydrogen) atoms. The van der Waals surface area contributed by atoms with Gasteiger partial charge in [0.05, 0.1) is 17.3 Å². The van der Waals surface area contributed by atoms with Gasteiger partial charge in [-0.15, -0.1) is 0 Å². The molecule has 2 aliphatic rings. The first-order chi connectivity index (χ1) is 11.1. The highest BCUT2D eigenvalue weighted by Crippen LogP contribution is 2.37. The molecule has 2 heterocycles. The van der Waals surface area contributed by atoms with Gasteiger partial charge in [0.1, 0.15) is 11.6 Å². The second-order valence-corrected chi connectivity index (χ2v) is 6.20. The summed E-state index contributed by atoms with van der Waals surface area (Å²) >= 11 is 0. The first-order valence-corrected chi connectivity index (χ1v) is 7.97. The van der Waals surface area contributed by atoms with Crippen LogP contribution in [0.2, 0.25) is 0 Å². The summed E-state index contributed by atoms with van der Waals surface area (Å²) in [5, 5.41) is 0. The smallest absolute Gasteiger partial charge is 0.256 e. The summed E-state index contributed by atoms with van der Waals surface area (Å²) in [7, 11) is 1.69. The van der Waals surface area contributed by atoms with E-state index in [4.69, 9.17) is 9.47 Å². The molecule has 2 fully saturated rings. The van der Waals surface area contributed by atoms with Crippen molar-refractivity contribution in [3.8, 4) is 0 Å². The standard InChI is InChI=1S/C17H21F2NO3/c1-22-15-3-2-10-23-17(15)6-8-20(9-7-17)16(21)13-5-4-12(18)11-14(13)19/h4-5,11,15H,2-3,6-10H2,1H3/t15-/m1/s1. The third-order valence-electron chi connectivity index (χ3n) is 4.93. The van der Waals surface area contributed by atoms with Crippen LogP contribution in [0, 0.1) is 11.6 Å². The number of rotatable bonds is 2. The predicted molar refractivity (Wildman–Crippen MR) is 80.2 cm³/mol. The number of carbonyl (C=O) groups is 1. The molecule has 1 atom stereocenters. The van der Waals surface area contributed by atoms with E-state index in [9.17, 15) is 13.6 Å². The normalized spacial score (nSPS) is 24.0. The summed E-state index contributed by atoms with van der Waals surface area (Å²) in [4.78, 5) is 14.0.